The van der Waals surface area contributed by atoms with Crippen LogP contribution in [0.1, 0.15) is 9.80 Å². The van der Waals surface area contributed by atoms with E-state index in [1.165, 1.54) is 21.9 Å². The number of benzene rings is 1. The molecule has 0 radical (unpaired) electrons. The van der Waals surface area contributed by atoms with E-state index < -0.39 is 10.0 Å². The number of carbonyl (C=O) groups excluding carboxylic acids is 1. The minimum Gasteiger partial charge on any atom is -0.349 e. The summed E-state index contributed by atoms with van der Waals surface area (Å²) in [5.74, 6) is -0.161. The molecule has 1 aliphatic rings. The van der Waals surface area contributed by atoms with Gasteiger partial charge in [0.05, 0.1) is 16.5 Å². The fourth-order valence-electron chi connectivity index (χ4n) is 2.66. The average molecular weight is 368 g/mol. The summed E-state index contributed by atoms with van der Waals surface area (Å²) >= 11 is 1.38. The van der Waals surface area contributed by atoms with E-state index in [9.17, 15) is 13.2 Å². The van der Waals surface area contributed by atoms with E-state index in [0.717, 1.165) is 10.2 Å². The molecule has 1 saturated heterocycles. The van der Waals surface area contributed by atoms with Crippen LogP contribution < -0.4 is 5.32 Å². The summed E-state index contributed by atoms with van der Waals surface area (Å²) in [7, 11) is -3.10. The third-order valence-electron chi connectivity index (χ3n) is 4.00. The van der Waals surface area contributed by atoms with Crippen molar-refractivity contribution in [3.63, 3.8) is 0 Å². The molecular formula is C15H20N4O3S2. The van der Waals surface area contributed by atoms with E-state index >= 15 is 0 Å². The Morgan fingerprint density at radius 1 is 1.25 bits per heavy atom. The van der Waals surface area contributed by atoms with Crippen molar-refractivity contribution in [1.29, 1.82) is 0 Å². The Bertz CT molecular complexity index is 793. The molecule has 0 saturated carbocycles. The minimum atomic E-state index is -3.10. The van der Waals surface area contributed by atoms with Crippen LogP contribution >= 0.6 is 11.3 Å². The molecule has 24 heavy (non-hydrogen) atoms. The van der Waals surface area contributed by atoms with Crippen molar-refractivity contribution in [1.82, 2.24) is 19.5 Å². The number of nitrogens with one attached hydrogen (secondary N) is 1. The second-order valence-electron chi connectivity index (χ2n) is 5.75. The Kier molecular flexibility index (Phi) is 5.14. The van der Waals surface area contributed by atoms with Crippen molar-refractivity contribution in [2.24, 2.45) is 0 Å². The lowest BCUT2D eigenvalue weighted by atomic mass is 10.3. The Hall–Kier alpha value is -1.55. The zero-order valence-electron chi connectivity index (χ0n) is 13.4. The predicted octanol–water partition coefficient (Wildman–Crippen LogP) is 0.603. The SMILES string of the molecule is CS(=O)(=O)N1CCN(CCNC(=O)c2nc3ccccc3s2)CC1. The van der Waals surface area contributed by atoms with E-state index in [-0.39, 0.29) is 5.91 Å². The lowest BCUT2D eigenvalue weighted by Gasteiger charge is -2.33. The topological polar surface area (TPSA) is 82.6 Å². The molecule has 0 unspecified atom stereocenters. The van der Waals surface area contributed by atoms with E-state index in [2.05, 4.69) is 15.2 Å². The molecule has 0 bridgehead atoms. The zero-order valence-corrected chi connectivity index (χ0v) is 15.1. The summed E-state index contributed by atoms with van der Waals surface area (Å²) in [6.45, 7) is 3.60. The second-order valence-corrected chi connectivity index (χ2v) is 8.76. The molecule has 1 aromatic heterocycles. The lowest BCUT2D eigenvalue weighted by molar-refractivity contribution is 0.0945. The molecule has 1 aromatic carbocycles. The fraction of sp³-hybridized carbons (Fsp3) is 0.467. The molecule has 7 nitrogen and oxygen atoms in total. The van der Waals surface area contributed by atoms with Crippen LogP contribution in [0, 0.1) is 0 Å². The van der Waals surface area contributed by atoms with Crippen molar-refractivity contribution in [3.8, 4) is 0 Å². The molecule has 2 heterocycles. The summed E-state index contributed by atoms with van der Waals surface area (Å²) in [6, 6.07) is 7.67. The molecule has 3 rings (SSSR count). The Labute approximate surface area is 145 Å². The van der Waals surface area contributed by atoms with Crippen LogP contribution in [0.15, 0.2) is 24.3 Å². The highest BCUT2D eigenvalue weighted by atomic mass is 32.2. The largest absolute Gasteiger partial charge is 0.349 e. The predicted molar refractivity (Wildman–Crippen MR) is 94.8 cm³/mol. The van der Waals surface area contributed by atoms with E-state index in [4.69, 9.17) is 0 Å². The van der Waals surface area contributed by atoms with Crippen molar-refractivity contribution < 1.29 is 13.2 Å². The standard InChI is InChI=1S/C15H20N4O3S2/c1-24(21,22)19-10-8-18(9-11-19)7-6-16-14(20)15-17-12-4-2-3-5-13(12)23-15/h2-5H,6-11H2,1H3,(H,16,20). The monoisotopic (exact) mass is 368 g/mol. The quantitative estimate of drug-likeness (QED) is 0.836. The van der Waals surface area contributed by atoms with Gasteiger partial charge in [-0.05, 0) is 12.1 Å². The first-order valence-corrected chi connectivity index (χ1v) is 10.4. The van der Waals surface area contributed by atoms with Gasteiger partial charge in [0, 0.05) is 39.3 Å². The van der Waals surface area contributed by atoms with Gasteiger partial charge in [0.25, 0.3) is 5.91 Å². The molecule has 0 aliphatic carbocycles. The smallest absolute Gasteiger partial charge is 0.280 e. The highest BCUT2D eigenvalue weighted by molar-refractivity contribution is 7.88. The molecule has 0 spiro atoms. The van der Waals surface area contributed by atoms with Crippen molar-refractivity contribution in [3.05, 3.63) is 29.3 Å². The van der Waals surface area contributed by atoms with Gasteiger partial charge < -0.3 is 5.32 Å². The molecule has 1 amide bonds. The first kappa shape index (κ1) is 17.3. The zero-order chi connectivity index (χ0) is 17.2. The number of fused-ring (bicyclic) bond motifs is 1. The first-order chi connectivity index (χ1) is 11.4. The molecule has 1 aliphatic heterocycles. The van der Waals surface area contributed by atoms with Gasteiger partial charge in [0.1, 0.15) is 0 Å². The van der Waals surface area contributed by atoms with Gasteiger partial charge in [0.15, 0.2) is 5.01 Å². The van der Waals surface area contributed by atoms with Gasteiger partial charge in [-0.3, -0.25) is 9.69 Å². The van der Waals surface area contributed by atoms with Gasteiger partial charge in [0.2, 0.25) is 10.0 Å². The van der Waals surface area contributed by atoms with Crippen LogP contribution in [0.5, 0.6) is 0 Å². The first-order valence-electron chi connectivity index (χ1n) is 7.75. The van der Waals surface area contributed by atoms with Crippen LogP contribution in [0.25, 0.3) is 10.2 Å². The Balaban J connectivity index is 1.46. The molecule has 1 N–H and O–H groups in total. The summed E-state index contributed by atoms with van der Waals surface area (Å²) in [4.78, 5) is 18.7. The molecule has 1 fully saturated rings. The van der Waals surface area contributed by atoms with Gasteiger partial charge in [-0.2, -0.15) is 4.31 Å². The van der Waals surface area contributed by atoms with Gasteiger partial charge in [-0.1, -0.05) is 12.1 Å². The van der Waals surface area contributed by atoms with E-state index in [0.29, 0.717) is 44.3 Å². The van der Waals surface area contributed by atoms with Gasteiger partial charge in [-0.25, -0.2) is 13.4 Å². The number of aromatic nitrogens is 1. The number of sulfonamides is 1. The van der Waals surface area contributed by atoms with Crippen LogP contribution in [-0.2, 0) is 10.0 Å². The fourth-order valence-corrected chi connectivity index (χ4v) is 4.37. The molecular weight excluding hydrogens is 348 g/mol. The number of rotatable bonds is 5. The van der Waals surface area contributed by atoms with Gasteiger partial charge >= 0.3 is 0 Å². The number of carbonyl (C=O) groups is 1. The average Bonchev–Trinajstić information content (AvgIpc) is 2.98. The maximum atomic E-state index is 12.2. The van der Waals surface area contributed by atoms with Crippen LogP contribution in [0.3, 0.4) is 0 Å². The third kappa shape index (κ3) is 4.10. The van der Waals surface area contributed by atoms with Crippen LogP contribution in [0.4, 0.5) is 0 Å². The van der Waals surface area contributed by atoms with Crippen LogP contribution in [-0.4, -0.2) is 74.0 Å². The minimum absolute atomic E-state index is 0.161. The second kappa shape index (κ2) is 7.14. The number of para-hydroxylation sites is 1. The molecule has 2 aromatic rings. The normalized spacial score (nSPS) is 17.2. The molecule has 0 atom stereocenters. The Morgan fingerprint density at radius 2 is 1.96 bits per heavy atom. The van der Waals surface area contributed by atoms with Gasteiger partial charge in [-0.15, -0.1) is 11.3 Å². The summed E-state index contributed by atoms with van der Waals surface area (Å²) in [5.41, 5.74) is 0.838. The highest BCUT2D eigenvalue weighted by Gasteiger charge is 2.23. The van der Waals surface area contributed by atoms with Crippen molar-refractivity contribution in [2.45, 2.75) is 0 Å². The molecule has 9 heteroatoms. The highest BCUT2D eigenvalue weighted by Crippen LogP contribution is 2.21. The summed E-state index contributed by atoms with van der Waals surface area (Å²) < 4.78 is 25.4. The number of thiazole rings is 1. The number of hydrogen-bond acceptors (Lipinski definition) is 6. The maximum Gasteiger partial charge on any atom is 0.280 e. The molecule has 130 valence electrons. The van der Waals surface area contributed by atoms with Crippen LogP contribution in [0.2, 0.25) is 0 Å². The summed E-state index contributed by atoms with van der Waals surface area (Å²) in [5, 5.41) is 3.35. The number of amides is 1. The van der Waals surface area contributed by atoms with E-state index in [1.807, 2.05) is 24.3 Å². The van der Waals surface area contributed by atoms with E-state index in [1.54, 1.807) is 0 Å². The number of hydrogen-bond donors (Lipinski definition) is 1. The maximum absolute atomic E-state index is 12.2. The number of piperazine rings is 1. The lowest BCUT2D eigenvalue weighted by Crippen LogP contribution is -2.49. The Morgan fingerprint density at radius 3 is 2.62 bits per heavy atom. The third-order valence-corrected chi connectivity index (χ3v) is 6.34. The summed E-state index contributed by atoms with van der Waals surface area (Å²) in [6.07, 6.45) is 1.24. The van der Waals surface area contributed by atoms with Crippen molar-refractivity contribution >= 4 is 37.5 Å². The van der Waals surface area contributed by atoms with Crippen molar-refractivity contribution in [2.75, 3.05) is 45.5 Å². The number of nitrogens with zero attached hydrogens (tertiary/aromatic N) is 3.